The molecule has 0 aliphatic heterocycles. The van der Waals surface area contributed by atoms with Crippen molar-refractivity contribution in [2.75, 3.05) is 0 Å². The molecule has 0 aliphatic rings. The number of hydrogen-bond acceptors (Lipinski definition) is 0. The van der Waals surface area contributed by atoms with Crippen molar-refractivity contribution >= 4 is 19.2 Å². The van der Waals surface area contributed by atoms with Gasteiger partial charge in [0.2, 0.25) is 0 Å². The Labute approximate surface area is 113 Å². The van der Waals surface area contributed by atoms with Crippen LogP contribution in [0.2, 0.25) is 0 Å². The maximum atomic E-state index is 3.25. The maximum absolute atomic E-state index is 3.25. The summed E-state index contributed by atoms with van der Waals surface area (Å²) in [6, 6.07) is 21.2. The molecular formula is C14H16PZn-. The van der Waals surface area contributed by atoms with Gasteiger partial charge in [-0.3, -0.25) is 0 Å². The third kappa shape index (κ3) is 5.54. The number of benzene rings is 2. The Morgan fingerprint density at radius 3 is 1.31 bits per heavy atom. The summed E-state index contributed by atoms with van der Waals surface area (Å²) in [5.41, 5.74) is 0. The van der Waals surface area contributed by atoms with Crippen molar-refractivity contribution in [3.63, 3.8) is 0 Å². The Bertz CT molecular complexity index is 322. The van der Waals surface area contributed by atoms with Crippen LogP contribution in [0.1, 0.15) is 6.92 Å². The molecule has 0 bridgehead atoms. The molecule has 2 rings (SSSR count). The fourth-order valence-corrected chi connectivity index (χ4v) is 2.26. The van der Waals surface area contributed by atoms with Gasteiger partial charge in [0.15, 0.2) is 0 Å². The Kier molecular flexibility index (Phi) is 9.39. The summed E-state index contributed by atoms with van der Waals surface area (Å²) >= 11 is 0. The van der Waals surface area contributed by atoms with Crippen molar-refractivity contribution in [2.45, 2.75) is 6.92 Å². The van der Waals surface area contributed by atoms with E-state index in [1.807, 2.05) is 0 Å². The molecule has 0 aromatic heterocycles. The van der Waals surface area contributed by atoms with Crippen LogP contribution in [0.15, 0.2) is 60.7 Å². The standard InChI is InChI=1S/C12H11P.C2H5.Zn/c1-3-7-11(8-4-1)13-12-9-5-2-6-10-12;1-2;/h1-10,13H;1H2,2H3;/q;-1;. The summed E-state index contributed by atoms with van der Waals surface area (Å²) < 4.78 is 0. The van der Waals surface area contributed by atoms with Crippen molar-refractivity contribution in [1.29, 1.82) is 0 Å². The topological polar surface area (TPSA) is 0 Å². The van der Waals surface area contributed by atoms with Crippen LogP contribution in [-0.2, 0) is 19.5 Å². The van der Waals surface area contributed by atoms with Crippen LogP contribution in [-0.4, -0.2) is 0 Å². The molecule has 0 saturated carbocycles. The fourth-order valence-electron chi connectivity index (χ4n) is 1.21. The Hall–Kier alpha value is -0.507. The molecule has 0 amide bonds. The van der Waals surface area contributed by atoms with Crippen LogP contribution in [0, 0.1) is 6.92 Å². The Balaban J connectivity index is 0.000000711. The average Bonchev–Trinajstić information content (AvgIpc) is 2.34. The zero-order valence-electron chi connectivity index (χ0n) is 9.69. The molecular weight excluding hydrogens is 265 g/mol. The molecule has 80 valence electrons. The molecule has 0 fully saturated rings. The molecule has 2 aromatic rings. The van der Waals surface area contributed by atoms with Gasteiger partial charge in [-0.2, -0.15) is 6.92 Å². The van der Waals surface area contributed by atoms with E-state index in [0.717, 1.165) is 8.58 Å². The molecule has 0 atom stereocenters. The van der Waals surface area contributed by atoms with E-state index in [-0.39, 0.29) is 19.5 Å². The van der Waals surface area contributed by atoms with Gasteiger partial charge in [-0.1, -0.05) is 69.2 Å². The van der Waals surface area contributed by atoms with Crippen molar-refractivity contribution < 1.29 is 19.5 Å². The molecule has 0 nitrogen and oxygen atoms in total. The smallest absolute Gasteiger partial charge is 0 e. The molecule has 0 N–H and O–H groups in total. The zero-order chi connectivity index (χ0) is 10.9. The molecule has 0 radical (unpaired) electrons. The third-order valence-corrected chi connectivity index (χ3v) is 3.08. The second kappa shape index (κ2) is 9.70. The van der Waals surface area contributed by atoms with Crippen LogP contribution < -0.4 is 10.6 Å². The molecule has 0 spiro atoms. The first-order chi connectivity index (χ1) is 7.45. The predicted octanol–water partition coefficient (Wildman–Crippen LogP) is 3.15. The van der Waals surface area contributed by atoms with Gasteiger partial charge in [0, 0.05) is 19.5 Å². The van der Waals surface area contributed by atoms with Crippen LogP contribution >= 0.6 is 8.58 Å². The van der Waals surface area contributed by atoms with E-state index in [1.54, 1.807) is 6.92 Å². The van der Waals surface area contributed by atoms with Crippen LogP contribution in [0.5, 0.6) is 0 Å². The first-order valence-corrected chi connectivity index (χ1v) is 6.03. The summed E-state index contributed by atoms with van der Waals surface area (Å²) in [7, 11) is 0.777. The normalized spacial score (nSPS) is 8.38. The monoisotopic (exact) mass is 279 g/mol. The van der Waals surface area contributed by atoms with Gasteiger partial charge in [0.25, 0.3) is 0 Å². The second-order valence-corrected chi connectivity index (χ2v) is 4.26. The molecule has 2 heteroatoms. The molecule has 0 aliphatic carbocycles. The number of hydrogen-bond donors (Lipinski definition) is 0. The zero-order valence-corrected chi connectivity index (χ0v) is 13.7. The predicted molar refractivity (Wildman–Crippen MR) is 71.5 cm³/mol. The van der Waals surface area contributed by atoms with E-state index < -0.39 is 0 Å². The average molecular weight is 281 g/mol. The van der Waals surface area contributed by atoms with Gasteiger partial charge in [-0.25, -0.2) is 0 Å². The summed E-state index contributed by atoms with van der Waals surface area (Å²) in [4.78, 5) is 0. The van der Waals surface area contributed by atoms with E-state index in [1.165, 1.54) is 10.6 Å². The first kappa shape index (κ1) is 15.5. The van der Waals surface area contributed by atoms with Gasteiger partial charge in [-0.15, -0.1) is 0 Å². The van der Waals surface area contributed by atoms with Crippen molar-refractivity contribution in [1.82, 2.24) is 0 Å². The van der Waals surface area contributed by atoms with Crippen molar-refractivity contribution in [3.05, 3.63) is 67.6 Å². The minimum Gasteiger partial charge on any atom is -0.346 e. The summed E-state index contributed by atoms with van der Waals surface area (Å²) in [5, 5.41) is 2.79. The van der Waals surface area contributed by atoms with E-state index in [2.05, 4.69) is 67.6 Å². The van der Waals surface area contributed by atoms with E-state index >= 15 is 0 Å². The SMILES string of the molecule is [CH2-]C.[Zn].c1ccc(Pc2ccccc2)cc1. The minimum absolute atomic E-state index is 0. The molecule has 0 saturated heterocycles. The van der Waals surface area contributed by atoms with Gasteiger partial charge in [-0.05, 0) is 10.6 Å². The molecule has 2 aromatic carbocycles. The van der Waals surface area contributed by atoms with E-state index in [0.29, 0.717) is 0 Å². The first-order valence-electron chi connectivity index (χ1n) is 5.03. The van der Waals surface area contributed by atoms with Crippen molar-refractivity contribution in [2.24, 2.45) is 0 Å². The minimum atomic E-state index is 0. The molecule has 16 heavy (non-hydrogen) atoms. The van der Waals surface area contributed by atoms with Crippen LogP contribution in [0.4, 0.5) is 0 Å². The third-order valence-electron chi connectivity index (χ3n) is 1.84. The number of rotatable bonds is 2. The summed E-state index contributed by atoms with van der Waals surface area (Å²) in [5.74, 6) is 0. The largest absolute Gasteiger partial charge is 0.346 e. The van der Waals surface area contributed by atoms with Crippen LogP contribution in [0.25, 0.3) is 0 Å². The Morgan fingerprint density at radius 2 is 1.00 bits per heavy atom. The van der Waals surface area contributed by atoms with Gasteiger partial charge < -0.3 is 6.92 Å². The van der Waals surface area contributed by atoms with Gasteiger partial charge in [0.05, 0.1) is 0 Å². The summed E-state index contributed by atoms with van der Waals surface area (Å²) in [6.07, 6.45) is 0. The van der Waals surface area contributed by atoms with E-state index in [4.69, 9.17) is 0 Å². The quantitative estimate of drug-likeness (QED) is 0.450. The molecule has 0 heterocycles. The van der Waals surface area contributed by atoms with Gasteiger partial charge in [0.1, 0.15) is 0 Å². The van der Waals surface area contributed by atoms with Crippen molar-refractivity contribution in [3.8, 4) is 0 Å². The van der Waals surface area contributed by atoms with Gasteiger partial charge >= 0.3 is 0 Å². The second-order valence-electron chi connectivity index (χ2n) is 2.86. The fraction of sp³-hybridized carbons (Fsp3) is 0.0714. The van der Waals surface area contributed by atoms with E-state index in [9.17, 15) is 0 Å². The maximum Gasteiger partial charge on any atom is 0 e. The van der Waals surface area contributed by atoms with Crippen LogP contribution in [0.3, 0.4) is 0 Å². The summed E-state index contributed by atoms with van der Waals surface area (Å²) in [6.45, 7) is 5.00. The Morgan fingerprint density at radius 1 is 0.688 bits per heavy atom. The molecule has 0 unspecified atom stereocenters.